The van der Waals surface area contributed by atoms with Crippen LogP contribution >= 0.6 is 0 Å². The second-order valence-corrected chi connectivity index (χ2v) is 6.60. The minimum atomic E-state index is -4.74. The number of hydrogen-bond donors (Lipinski definition) is 0. The van der Waals surface area contributed by atoms with E-state index in [1.165, 1.54) is 13.8 Å². The average molecular weight is 329 g/mol. The van der Waals surface area contributed by atoms with Gasteiger partial charge in [0, 0.05) is 12.0 Å². The predicted octanol–water partition coefficient (Wildman–Crippen LogP) is 3.28. The highest BCUT2D eigenvalue weighted by Crippen LogP contribution is 2.44. The summed E-state index contributed by atoms with van der Waals surface area (Å²) in [5.74, 6) is 0.392. The number of ether oxygens (including phenoxy) is 2. The Hall–Kier alpha value is -1.76. The number of carbonyl (C=O) groups excluding carboxylic acids is 1. The second kappa shape index (κ2) is 5.40. The van der Waals surface area contributed by atoms with Gasteiger partial charge < -0.3 is 9.64 Å². The van der Waals surface area contributed by atoms with Crippen molar-refractivity contribution in [3.05, 3.63) is 29.8 Å². The molecular weight excluding hydrogens is 311 g/mol. The Bertz CT molecular complexity index is 615. The van der Waals surface area contributed by atoms with Crippen LogP contribution in [-0.2, 0) is 9.53 Å². The summed E-state index contributed by atoms with van der Waals surface area (Å²) in [7, 11) is 0. The SMILES string of the molecule is CC(C)(COC(F)(F)F)C(=O)N1C[C@@H]2C[C@H]1c1ccccc1O2. The monoisotopic (exact) mass is 329 g/mol. The second-order valence-electron chi connectivity index (χ2n) is 6.60. The molecule has 4 nitrogen and oxygen atoms in total. The first-order chi connectivity index (χ1) is 10.7. The summed E-state index contributed by atoms with van der Waals surface area (Å²) in [6.07, 6.45) is -4.19. The van der Waals surface area contributed by atoms with Crippen molar-refractivity contribution in [1.82, 2.24) is 4.90 Å². The van der Waals surface area contributed by atoms with E-state index in [2.05, 4.69) is 4.74 Å². The first kappa shape index (κ1) is 16.1. The Morgan fingerprint density at radius 1 is 1.35 bits per heavy atom. The van der Waals surface area contributed by atoms with Gasteiger partial charge in [-0.2, -0.15) is 0 Å². The first-order valence-electron chi connectivity index (χ1n) is 7.45. The standard InChI is InChI=1S/C16H18F3NO3/c1-15(2,9-22-16(17,18)19)14(21)20-8-10-7-12(20)11-5-3-4-6-13(11)23-10/h3-6,10,12H,7-9H2,1-2H3/t10-,12-/m0/s1. The molecule has 0 spiro atoms. The molecule has 0 radical (unpaired) electrons. The van der Waals surface area contributed by atoms with Crippen LogP contribution in [0.25, 0.3) is 0 Å². The lowest BCUT2D eigenvalue weighted by molar-refractivity contribution is -0.331. The number of fused-ring (bicyclic) bond motifs is 4. The fraction of sp³-hybridized carbons (Fsp3) is 0.562. The maximum Gasteiger partial charge on any atom is 0.522 e. The Labute approximate surface area is 132 Å². The molecule has 0 N–H and O–H groups in total. The molecular formula is C16H18F3NO3. The average Bonchev–Trinajstić information content (AvgIpc) is 2.82. The lowest BCUT2D eigenvalue weighted by atomic mass is 9.91. The molecule has 2 aliphatic heterocycles. The molecule has 0 aliphatic carbocycles. The van der Waals surface area contributed by atoms with Crippen molar-refractivity contribution < 1.29 is 27.4 Å². The number of likely N-dealkylation sites (tertiary alicyclic amines) is 1. The van der Waals surface area contributed by atoms with Crippen molar-refractivity contribution in [2.75, 3.05) is 13.2 Å². The molecule has 0 aromatic heterocycles. The summed E-state index contributed by atoms with van der Waals surface area (Å²) in [5.41, 5.74) is -0.357. The zero-order valence-corrected chi connectivity index (χ0v) is 12.9. The van der Waals surface area contributed by atoms with E-state index in [1.807, 2.05) is 24.3 Å². The predicted molar refractivity (Wildman–Crippen MR) is 75.7 cm³/mol. The summed E-state index contributed by atoms with van der Waals surface area (Å²) in [4.78, 5) is 14.4. The van der Waals surface area contributed by atoms with Crippen molar-refractivity contribution in [3.63, 3.8) is 0 Å². The van der Waals surface area contributed by atoms with Crippen LogP contribution in [0.5, 0.6) is 5.75 Å². The number of carbonyl (C=O) groups is 1. The van der Waals surface area contributed by atoms with E-state index < -0.39 is 18.4 Å². The Balaban J connectivity index is 1.78. The number of rotatable bonds is 3. The van der Waals surface area contributed by atoms with Crippen molar-refractivity contribution in [2.45, 2.75) is 38.8 Å². The van der Waals surface area contributed by atoms with Crippen molar-refractivity contribution in [2.24, 2.45) is 5.41 Å². The molecule has 1 aromatic rings. The van der Waals surface area contributed by atoms with E-state index >= 15 is 0 Å². The van der Waals surface area contributed by atoms with Crippen LogP contribution in [0.4, 0.5) is 13.2 Å². The van der Waals surface area contributed by atoms with Crippen LogP contribution in [0.1, 0.15) is 31.9 Å². The zero-order valence-electron chi connectivity index (χ0n) is 12.9. The van der Waals surface area contributed by atoms with E-state index in [9.17, 15) is 18.0 Å². The van der Waals surface area contributed by atoms with Crippen LogP contribution in [-0.4, -0.2) is 36.4 Å². The lowest BCUT2D eigenvalue weighted by Gasteiger charge is -2.33. The minimum Gasteiger partial charge on any atom is -0.488 e. The maximum atomic E-state index is 12.8. The van der Waals surface area contributed by atoms with Gasteiger partial charge in [0.15, 0.2) is 0 Å². The first-order valence-corrected chi connectivity index (χ1v) is 7.45. The summed E-state index contributed by atoms with van der Waals surface area (Å²) >= 11 is 0. The van der Waals surface area contributed by atoms with Gasteiger partial charge in [-0.25, -0.2) is 0 Å². The van der Waals surface area contributed by atoms with Gasteiger partial charge >= 0.3 is 6.36 Å². The Morgan fingerprint density at radius 2 is 2.04 bits per heavy atom. The number of halogens is 3. The van der Waals surface area contributed by atoms with E-state index in [0.29, 0.717) is 13.0 Å². The third-order valence-corrected chi connectivity index (χ3v) is 4.27. The molecule has 2 atom stereocenters. The van der Waals surface area contributed by atoms with Gasteiger partial charge in [0.2, 0.25) is 5.91 Å². The number of hydrogen-bond acceptors (Lipinski definition) is 3. The molecule has 1 saturated heterocycles. The fourth-order valence-electron chi connectivity index (χ4n) is 3.16. The smallest absolute Gasteiger partial charge is 0.488 e. The van der Waals surface area contributed by atoms with Gasteiger partial charge in [-0.05, 0) is 19.9 Å². The molecule has 1 aromatic carbocycles. The quantitative estimate of drug-likeness (QED) is 0.854. The molecule has 23 heavy (non-hydrogen) atoms. The fourth-order valence-corrected chi connectivity index (χ4v) is 3.16. The van der Waals surface area contributed by atoms with Crippen LogP contribution in [0.15, 0.2) is 24.3 Å². The topological polar surface area (TPSA) is 38.8 Å². The number of alkyl halides is 3. The van der Waals surface area contributed by atoms with Crippen molar-refractivity contribution in [1.29, 1.82) is 0 Å². The van der Waals surface area contributed by atoms with Crippen LogP contribution in [0.3, 0.4) is 0 Å². The summed E-state index contributed by atoms with van der Waals surface area (Å²) in [6.45, 7) is 2.62. The highest BCUT2D eigenvalue weighted by molar-refractivity contribution is 5.83. The molecule has 0 unspecified atom stereocenters. The number of nitrogens with zero attached hydrogens (tertiary/aromatic N) is 1. The number of amides is 1. The Kier molecular flexibility index (Phi) is 3.78. The van der Waals surface area contributed by atoms with Crippen LogP contribution < -0.4 is 4.74 Å². The van der Waals surface area contributed by atoms with Gasteiger partial charge in [0.25, 0.3) is 0 Å². The van der Waals surface area contributed by atoms with Gasteiger partial charge in [0.05, 0.1) is 24.6 Å². The third kappa shape index (κ3) is 3.15. The molecule has 7 heteroatoms. The van der Waals surface area contributed by atoms with Gasteiger partial charge in [0.1, 0.15) is 11.9 Å². The van der Waals surface area contributed by atoms with Gasteiger partial charge in [-0.1, -0.05) is 18.2 Å². The van der Waals surface area contributed by atoms with E-state index in [-0.39, 0.29) is 18.1 Å². The van der Waals surface area contributed by atoms with Crippen LogP contribution in [0.2, 0.25) is 0 Å². The molecule has 126 valence electrons. The van der Waals surface area contributed by atoms with E-state index in [4.69, 9.17) is 4.74 Å². The molecule has 2 aliphatic rings. The summed E-state index contributed by atoms with van der Waals surface area (Å²) in [6, 6.07) is 7.31. The van der Waals surface area contributed by atoms with Crippen LogP contribution in [0, 0.1) is 5.41 Å². The van der Waals surface area contributed by atoms with E-state index in [0.717, 1.165) is 11.3 Å². The Morgan fingerprint density at radius 3 is 2.74 bits per heavy atom. The molecule has 1 amide bonds. The van der Waals surface area contributed by atoms with Gasteiger partial charge in [-0.15, -0.1) is 13.2 Å². The molecule has 1 fully saturated rings. The summed E-state index contributed by atoms with van der Waals surface area (Å²) < 4.78 is 46.5. The largest absolute Gasteiger partial charge is 0.522 e. The minimum absolute atomic E-state index is 0.113. The maximum absolute atomic E-state index is 12.8. The summed E-state index contributed by atoms with van der Waals surface area (Å²) in [5, 5.41) is 0. The molecule has 0 saturated carbocycles. The van der Waals surface area contributed by atoms with Crippen molar-refractivity contribution >= 4 is 5.91 Å². The zero-order chi connectivity index (χ0) is 16.8. The van der Waals surface area contributed by atoms with Gasteiger partial charge in [-0.3, -0.25) is 9.53 Å². The normalized spacial score (nSPS) is 23.4. The van der Waals surface area contributed by atoms with E-state index in [1.54, 1.807) is 4.90 Å². The third-order valence-electron chi connectivity index (χ3n) is 4.27. The highest BCUT2D eigenvalue weighted by atomic mass is 19.4. The lowest BCUT2D eigenvalue weighted by Crippen LogP contribution is -2.44. The van der Waals surface area contributed by atoms with Crippen molar-refractivity contribution in [3.8, 4) is 5.75 Å². The number of para-hydroxylation sites is 1. The molecule has 2 heterocycles. The molecule has 2 bridgehead atoms. The number of benzene rings is 1. The molecule has 3 rings (SSSR count). The highest BCUT2D eigenvalue weighted by Gasteiger charge is 2.47.